The number of aliphatic hydroxyl groups excluding tert-OH is 1. The number of ether oxygens (including phenoxy) is 1. The predicted octanol–water partition coefficient (Wildman–Crippen LogP) is 2.81. The lowest BCUT2D eigenvalue weighted by Gasteiger charge is -2.25. The molecular weight excluding hydrogens is 254 g/mol. The molecule has 20 heavy (non-hydrogen) atoms. The van der Waals surface area contributed by atoms with Crippen molar-refractivity contribution in [1.29, 1.82) is 0 Å². The molecule has 0 aromatic heterocycles. The molecule has 1 N–H and O–H groups in total. The molecule has 0 spiro atoms. The molecule has 2 rings (SSSR count). The van der Waals surface area contributed by atoms with E-state index in [0.29, 0.717) is 13.2 Å². The fourth-order valence-corrected chi connectivity index (χ4v) is 2.55. The summed E-state index contributed by atoms with van der Waals surface area (Å²) in [6.45, 7) is 3.40. The van der Waals surface area contributed by atoms with E-state index in [4.69, 9.17) is 4.74 Å². The smallest absolute Gasteiger partial charge is 0.410 e. The lowest BCUT2D eigenvalue weighted by atomic mass is 9.98. The summed E-state index contributed by atoms with van der Waals surface area (Å²) >= 11 is 0. The van der Waals surface area contributed by atoms with Gasteiger partial charge < -0.3 is 14.7 Å². The minimum Gasteiger partial charge on any atom is -0.445 e. The Bertz CT molecular complexity index is 419. The molecule has 110 valence electrons. The van der Waals surface area contributed by atoms with Crippen LogP contribution in [0.25, 0.3) is 0 Å². The molecule has 1 heterocycles. The van der Waals surface area contributed by atoms with Crippen molar-refractivity contribution in [3.8, 4) is 0 Å². The predicted molar refractivity (Wildman–Crippen MR) is 77.2 cm³/mol. The number of hydrogen-bond donors (Lipinski definition) is 1. The first kappa shape index (κ1) is 14.9. The number of nitrogens with zero attached hydrogens (tertiary/aromatic N) is 1. The van der Waals surface area contributed by atoms with Crippen LogP contribution in [0, 0.1) is 5.92 Å². The Kier molecular flexibility index (Phi) is 5.41. The van der Waals surface area contributed by atoms with Gasteiger partial charge in [0.1, 0.15) is 6.61 Å². The third-order valence-electron chi connectivity index (χ3n) is 3.85. The highest BCUT2D eigenvalue weighted by molar-refractivity contribution is 5.67. The van der Waals surface area contributed by atoms with E-state index in [1.54, 1.807) is 11.8 Å². The molecule has 1 aromatic carbocycles. The molecular formula is C16H23NO3. The van der Waals surface area contributed by atoms with Crippen LogP contribution in [0.2, 0.25) is 0 Å². The van der Waals surface area contributed by atoms with E-state index in [1.165, 1.54) is 0 Å². The minimum absolute atomic E-state index is 0.154. The maximum absolute atomic E-state index is 12.1. The molecule has 1 aromatic rings. The van der Waals surface area contributed by atoms with Crippen LogP contribution in [0.5, 0.6) is 0 Å². The third-order valence-corrected chi connectivity index (χ3v) is 3.85. The molecule has 1 aliphatic heterocycles. The molecule has 1 unspecified atom stereocenters. The van der Waals surface area contributed by atoms with Crippen molar-refractivity contribution in [3.05, 3.63) is 35.9 Å². The Balaban J connectivity index is 1.87. The van der Waals surface area contributed by atoms with Gasteiger partial charge in [0.25, 0.3) is 0 Å². The molecule has 0 bridgehead atoms. The Morgan fingerprint density at radius 1 is 1.40 bits per heavy atom. The molecule has 1 amide bonds. The largest absolute Gasteiger partial charge is 0.445 e. The second kappa shape index (κ2) is 7.29. The fraction of sp³-hybridized carbons (Fsp3) is 0.562. The van der Waals surface area contributed by atoms with Crippen LogP contribution in [0.1, 0.15) is 31.7 Å². The Labute approximate surface area is 120 Å². The summed E-state index contributed by atoms with van der Waals surface area (Å²) in [7, 11) is 0. The van der Waals surface area contributed by atoms with Crippen molar-refractivity contribution in [1.82, 2.24) is 4.90 Å². The number of likely N-dealkylation sites (tertiary alicyclic amines) is 1. The van der Waals surface area contributed by atoms with Crippen LogP contribution in [0.15, 0.2) is 30.3 Å². The van der Waals surface area contributed by atoms with Gasteiger partial charge in [-0.1, -0.05) is 36.8 Å². The van der Waals surface area contributed by atoms with E-state index >= 15 is 0 Å². The molecule has 1 saturated heterocycles. The van der Waals surface area contributed by atoms with Gasteiger partial charge in [-0.2, -0.15) is 0 Å². The van der Waals surface area contributed by atoms with E-state index in [0.717, 1.165) is 31.4 Å². The molecule has 0 radical (unpaired) electrons. The van der Waals surface area contributed by atoms with Gasteiger partial charge in [0.15, 0.2) is 0 Å². The van der Waals surface area contributed by atoms with E-state index in [-0.39, 0.29) is 18.1 Å². The second-order valence-corrected chi connectivity index (χ2v) is 5.48. The molecule has 1 fully saturated rings. The zero-order chi connectivity index (χ0) is 14.4. The summed E-state index contributed by atoms with van der Waals surface area (Å²) < 4.78 is 5.36. The van der Waals surface area contributed by atoms with E-state index < -0.39 is 0 Å². The highest BCUT2D eigenvalue weighted by Crippen LogP contribution is 2.20. The van der Waals surface area contributed by atoms with Crippen LogP contribution >= 0.6 is 0 Å². The number of rotatable bonds is 3. The van der Waals surface area contributed by atoms with Crippen molar-refractivity contribution in [2.24, 2.45) is 5.92 Å². The van der Waals surface area contributed by atoms with Gasteiger partial charge in [-0.15, -0.1) is 0 Å². The van der Waals surface area contributed by atoms with Gasteiger partial charge in [0.05, 0.1) is 6.10 Å². The summed E-state index contributed by atoms with van der Waals surface area (Å²) in [6, 6.07) is 9.67. The van der Waals surface area contributed by atoms with Crippen LogP contribution in [0.4, 0.5) is 4.79 Å². The summed E-state index contributed by atoms with van der Waals surface area (Å²) in [5, 5.41) is 9.73. The summed E-state index contributed by atoms with van der Waals surface area (Å²) in [5.41, 5.74) is 0.989. The number of benzene rings is 1. The van der Waals surface area contributed by atoms with Crippen molar-refractivity contribution >= 4 is 6.09 Å². The maximum Gasteiger partial charge on any atom is 0.410 e. The molecule has 0 aliphatic carbocycles. The number of amides is 1. The minimum atomic E-state index is -0.377. The zero-order valence-electron chi connectivity index (χ0n) is 12.0. The van der Waals surface area contributed by atoms with Crippen molar-refractivity contribution < 1.29 is 14.6 Å². The molecule has 4 heteroatoms. The lowest BCUT2D eigenvalue weighted by Crippen LogP contribution is -2.37. The molecule has 0 saturated carbocycles. The first-order valence-electron chi connectivity index (χ1n) is 7.30. The van der Waals surface area contributed by atoms with Gasteiger partial charge in [-0.05, 0) is 25.3 Å². The summed E-state index contributed by atoms with van der Waals surface area (Å²) in [4.78, 5) is 13.8. The summed E-state index contributed by atoms with van der Waals surface area (Å²) in [5.74, 6) is 0.154. The number of aliphatic hydroxyl groups is 1. The van der Waals surface area contributed by atoms with Gasteiger partial charge in [0.2, 0.25) is 0 Å². The van der Waals surface area contributed by atoms with Gasteiger partial charge in [-0.25, -0.2) is 4.79 Å². The van der Waals surface area contributed by atoms with E-state index in [2.05, 4.69) is 0 Å². The Morgan fingerprint density at radius 2 is 2.15 bits per heavy atom. The monoisotopic (exact) mass is 277 g/mol. The first-order valence-corrected chi connectivity index (χ1v) is 7.30. The Hall–Kier alpha value is -1.55. The van der Waals surface area contributed by atoms with Crippen molar-refractivity contribution in [2.45, 2.75) is 38.9 Å². The third kappa shape index (κ3) is 4.23. The van der Waals surface area contributed by atoms with Crippen molar-refractivity contribution in [2.75, 3.05) is 13.1 Å². The van der Waals surface area contributed by atoms with Crippen LogP contribution in [0.3, 0.4) is 0 Å². The molecule has 4 nitrogen and oxygen atoms in total. The number of carbonyl (C=O) groups excluding carboxylic acids is 1. The topological polar surface area (TPSA) is 49.8 Å². The van der Waals surface area contributed by atoms with E-state index in [1.807, 2.05) is 30.3 Å². The van der Waals surface area contributed by atoms with Crippen LogP contribution < -0.4 is 0 Å². The molecule has 2 atom stereocenters. The highest BCUT2D eigenvalue weighted by atomic mass is 16.6. The maximum atomic E-state index is 12.1. The van der Waals surface area contributed by atoms with Crippen LogP contribution in [-0.2, 0) is 11.3 Å². The first-order chi connectivity index (χ1) is 9.66. The average Bonchev–Trinajstić information content (AvgIpc) is 2.72. The summed E-state index contributed by atoms with van der Waals surface area (Å²) in [6.07, 6.45) is 2.35. The SMILES string of the molecule is C[C@@H](O)C1CCCCN(C(=O)OCc2ccccc2)C1. The van der Waals surface area contributed by atoms with Crippen molar-refractivity contribution in [3.63, 3.8) is 0 Å². The fourth-order valence-electron chi connectivity index (χ4n) is 2.55. The average molecular weight is 277 g/mol. The van der Waals surface area contributed by atoms with Gasteiger partial charge >= 0.3 is 6.09 Å². The van der Waals surface area contributed by atoms with Gasteiger partial charge in [-0.3, -0.25) is 0 Å². The normalized spacial score (nSPS) is 21.1. The highest BCUT2D eigenvalue weighted by Gasteiger charge is 2.25. The van der Waals surface area contributed by atoms with E-state index in [9.17, 15) is 9.90 Å². The van der Waals surface area contributed by atoms with Crippen LogP contribution in [-0.4, -0.2) is 35.3 Å². The van der Waals surface area contributed by atoms with Gasteiger partial charge in [0, 0.05) is 19.0 Å². The lowest BCUT2D eigenvalue weighted by molar-refractivity contribution is 0.0711. The Morgan fingerprint density at radius 3 is 2.85 bits per heavy atom. The standard InChI is InChI=1S/C16H23NO3/c1-13(18)15-9-5-6-10-17(11-15)16(19)20-12-14-7-3-2-4-8-14/h2-4,7-8,13,15,18H,5-6,9-12H2,1H3/t13-,15?/m1/s1. The quantitative estimate of drug-likeness (QED) is 0.924. The zero-order valence-corrected chi connectivity index (χ0v) is 12.0. The second-order valence-electron chi connectivity index (χ2n) is 5.48. The molecule has 1 aliphatic rings. The number of hydrogen-bond acceptors (Lipinski definition) is 3. The number of carbonyl (C=O) groups is 1.